The molecule has 0 radical (unpaired) electrons. The van der Waals surface area contributed by atoms with Gasteiger partial charge in [-0.1, -0.05) is 16.8 Å². The van der Waals surface area contributed by atoms with Gasteiger partial charge in [0.05, 0.1) is 5.39 Å². The number of aromatic nitrogens is 1. The molecule has 1 aromatic heterocycles. The Morgan fingerprint density at radius 3 is 3.09 bits per heavy atom. The van der Waals surface area contributed by atoms with Crippen LogP contribution < -0.4 is 0 Å². The molecule has 0 saturated heterocycles. The smallest absolute Gasteiger partial charge is 0.179 e. The van der Waals surface area contributed by atoms with Gasteiger partial charge >= 0.3 is 0 Å². The monoisotopic (exact) mass is 169 g/mol. The largest absolute Gasteiger partial charge is 0.508 e. The Balaban J connectivity index is 2.86. The highest BCUT2D eigenvalue weighted by atomic mass is 35.5. The zero-order valence-electron chi connectivity index (χ0n) is 5.41. The van der Waals surface area contributed by atoms with E-state index in [1.54, 1.807) is 6.07 Å². The minimum Gasteiger partial charge on any atom is -0.508 e. The van der Waals surface area contributed by atoms with E-state index in [0.29, 0.717) is 16.1 Å². The highest BCUT2D eigenvalue weighted by molar-refractivity contribution is 6.34. The molecule has 0 fully saturated rings. The van der Waals surface area contributed by atoms with Crippen LogP contribution in [0.4, 0.5) is 0 Å². The van der Waals surface area contributed by atoms with Crippen molar-refractivity contribution in [1.29, 1.82) is 0 Å². The van der Waals surface area contributed by atoms with Gasteiger partial charge in [0.2, 0.25) is 0 Å². The first-order chi connectivity index (χ1) is 5.27. The second-order valence-electron chi connectivity index (χ2n) is 2.15. The van der Waals surface area contributed by atoms with Gasteiger partial charge < -0.3 is 9.63 Å². The number of phenolic OH excluding ortho intramolecular Hbond substituents is 1. The molecular formula is C7H4ClNO2. The van der Waals surface area contributed by atoms with Crippen LogP contribution in [0.1, 0.15) is 0 Å². The molecule has 0 aliphatic rings. The van der Waals surface area contributed by atoms with Crippen LogP contribution >= 0.6 is 11.6 Å². The third-order valence-corrected chi connectivity index (χ3v) is 1.68. The van der Waals surface area contributed by atoms with Crippen molar-refractivity contribution in [3.05, 3.63) is 23.4 Å². The van der Waals surface area contributed by atoms with Gasteiger partial charge in [-0.05, 0) is 12.1 Å². The summed E-state index contributed by atoms with van der Waals surface area (Å²) in [6, 6.07) is 4.66. The average molecular weight is 170 g/mol. The van der Waals surface area contributed by atoms with Gasteiger partial charge in [-0.25, -0.2) is 0 Å². The summed E-state index contributed by atoms with van der Waals surface area (Å²) in [7, 11) is 0. The first-order valence-electron chi connectivity index (χ1n) is 3.01. The summed E-state index contributed by atoms with van der Waals surface area (Å²) >= 11 is 5.64. The van der Waals surface area contributed by atoms with Gasteiger partial charge in [0.25, 0.3) is 0 Å². The van der Waals surface area contributed by atoms with Crippen molar-refractivity contribution in [2.75, 3.05) is 0 Å². The molecule has 0 bridgehead atoms. The van der Waals surface area contributed by atoms with Crippen molar-refractivity contribution in [3.63, 3.8) is 0 Å². The molecule has 1 aromatic carbocycles. The molecule has 0 aliphatic heterocycles. The Morgan fingerprint density at radius 1 is 1.45 bits per heavy atom. The van der Waals surface area contributed by atoms with E-state index in [1.807, 2.05) is 0 Å². The van der Waals surface area contributed by atoms with Gasteiger partial charge in [0.15, 0.2) is 10.7 Å². The van der Waals surface area contributed by atoms with Crippen LogP contribution in [0.3, 0.4) is 0 Å². The Bertz CT molecular complexity index is 396. The summed E-state index contributed by atoms with van der Waals surface area (Å²) in [6.07, 6.45) is 0. The molecule has 0 spiro atoms. The summed E-state index contributed by atoms with van der Waals surface area (Å²) in [5.74, 6) is 0.144. The SMILES string of the molecule is Oc1ccc2c(Cl)noc2c1. The molecule has 11 heavy (non-hydrogen) atoms. The lowest BCUT2D eigenvalue weighted by Crippen LogP contribution is -1.64. The molecule has 0 unspecified atom stereocenters. The summed E-state index contributed by atoms with van der Waals surface area (Å²) in [6.45, 7) is 0. The van der Waals surface area contributed by atoms with Crippen molar-refractivity contribution >= 4 is 22.6 Å². The average Bonchev–Trinajstić information content (AvgIpc) is 2.32. The molecule has 56 valence electrons. The van der Waals surface area contributed by atoms with Crippen LogP contribution in [0, 0.1) is 0 Å². The second-order valence-corrected chi connectivity index (χ2v) is 2.51. The fourth-order valence-electron chi connectivity index (χ4n) is 0.895. The topological polar surface area (TPSA) is 46.3 Å². The summed E-state index contributed by atoms with van der Waals surface area (Å²) in [5, 5.41) is 13.6. The van der Waals surface area contributed by atoms with Crippen LogP contribution in [-0.2, 0) is 0 Å². The Morgan fingerprint density at radius 2 is 2.27 bits per heavy atom. The highest BCUT2D eigenvalue weighted by Crippen LogP contribution is 2.25. The van der Waals surface area contributed by atoms with E-state index in [4.69, 9.17) is 21.2 Å². The molecule has 4 heteroatoms. The minimum absolute atomic E-state index is 0.144. The lowest BCUT2D eigenvalue weighted by molar-refractivity contribution is 0.449. The summed E-state index contributed by atoms with van der Waals surface area (Å²) in [5.41, 5.74) is 0.495. The van der Waals surface area contributed by atoms with E-state index in [-0.39, 0.29) is 5.75 Å². The molecule has 0 aliphatic carbocycles. The van der Waals surface area contributed by atoms with Crippen molar-refractivity contribution in [3.8, 4) is 5.75 Å². The number of hydrogen-bond acceptors (Lipinski definition) is 3. The zero-order valence-corrected chi connectivity index (χ0v) is 6.17. The minimum atomic E-state index is 0.144. The Labute approximate surface area is 67.2 Å². The van der Waals surface area contributed by atoms with Crippen LogP contribution in [0.5, 0.6) is 5.75 Å². The Kier molecular flexibility index (Phi) is 1.26. The third-order valence-electron chi connectivity index (χ3n) is 1.41. The number of phenols is 1. The van der Waals surface area contributed by atoms with Gasteiger partial charge in [-0.2, -0.15) is 0 Å². The normalized spacial score (nSPS) is 10.6. The van der Waals surface area contributed by atoms with E-state index in [9.17, 15) is 0 Å². The van der Waals surface area contributed by atoms with Gasteiger partial charge in [-0.15, -0.1) is 0 Å². The highest BCUT2D eigenvalue weighted by Gasteiger charge is 2.04. The summed E-state index contributed by atoms with van der Waals surface area (Å²) < 4.78 is 4.79. The van der Waals surface area contributed by atoms with Crippen LogP contribution in [0.25, 0.3) is 11.0 Å². The van der Waals surface area contributed by atoms with Crippen molar-refractivity contribution in [2.24, 2.45) is 0 Å². The number of benzene rings is 1. The molecule has 1 N–H and O–H groups in total. The van der Waals surface area contributed by atoms with Crippen molar-refractivity contribution in [2.45, 2.75) is 0 Å². The number of halogens is 1. The predicted molar refractivity (Wildman–Crippen MR) is 40.7 cm³/mol. The number of fused-ring (bicyclic) bond motifs is 1. The molecule has 2 rings (SSSR count). The van der Waals surface area contributed by atoms with Crippen LogP contribution in [0.15, 0.2) is 22.7 Å². The quantitative estimate of drug-likeness (QED) is 0.658. The molecular weight excluding hydrogens is 166 g/mol. The number of hydrogen-bond donors (Lipinski definition) is 1. The fourth-order valence-corrected chi connectivity index (χ4v) is 1.09. The lowest BCUT2D eigenvalue weighted by Gasteiger charge is -1.87. The maximum absolute atomic E-state index is 9.01. The van der Waals surface area contributed by atoms with E-state index in [2.05, 4.69) is 5.16 Å². The first-order valence-corrected chi connectivity index (χ1v) is 3.39. The third kappa shape index (κ3) is 0.935. The maximum atomic E-state index is 9.01. The van der Waals surface area contributed by atoms with Crippen molar-refractivity contribution < 1.29 is 9.63 Å². The Hall–Kier alpha value is -1.22. The second kappa shape index (κ2) is 2.13. The lowest BCUT2D eigenvalue weighted by atomic mass is 10.2. The van der Waals surface area contributed by atoms with Gasteiger partial charge in [0.1, 0.15) is 5.75 Å². The molecule has 0 saturated carbocycles. The standard InChI is InChI=1S/C7H4ClNO2/c8-7-5-2-1-4(10)3-6(5)11-9-7/h1-3,10H. The van der Waals surface area contributed by atoms with Crippen LogP contribution in [-0.4, -0.2) is 10.3 Å². The predicted octanol–water partition coefficient (Wildman–Crippen LogP) is 2.19. The molecule has 1 heterocycles. The number of rotatable bonds is 0. The molecule has 0 atom stereocenters. The van der Waals surface area contributed by atoms with E-state index < -0.39 is 0 Å². The van der Waals surface area contributed by atoms with Gasteiger partial charge in [-0.3, -0.25) is 0 Å². The molecule has 0 amide bonds. The maximum Gasteiger partial charge on any atom is 0.179 e. The zero-order chi connectivity index (χ0) is 7.84. The van der Waals surface area contributed by atoms with Crippen molar-refractivity contribution in [1.82, 2.24) is 5.16 Å². The number of nitrogens with zero attached hydrogens (tertiary/aromatic N) is 1. The van der Waals surface area contributed by atoms with Gasteiger partial charge in [0, 0.05) is 6.07 Å². The molecule has 3 nitrogen and oxygen atoms in total. The fraction of sp³-hybridized carbons (Fsp3) is 0. The first kappa shape index (κ1) is 6.49. The van der Waals surface area contributed by atoms with E-state index >= 15 is 0 Å². The van der Waals surface area contributed by atoms with E-state index in [1.165, 1.54) is 12.1 Å². The number of aromatic hydroxyl groups is 1. The summed E-state index contributed by atoms with van der Waals surface area (Å²) in [4.78, 5) is 0. The molecule has 2 aromatic rings. The van der Waals surface area contributed by atoms with E-state index in [0.717, 1.165) is 0 Å². The van der Waals surface area contributed by atoms with Crippen LogP contribution in [0.2, 0.25) is 5.15 Å².